The maximum atomic E-state index is 14.0. The summed E-state index contributed by atoms with van der Waals surface area (Å²) in [4.78, 5) is 3.17. The number of hydrogen-bond acceptors (Lipinski definition) is 2. The van der Waals surface area contributed by atoms with E-state index in [-0.39, 0.29) is 5.82 Å². The van der Waals surface area contributed by atoms with Crippen molar-refractivity contribution >= 4 is 16.7 Å². The normalized spacial score (nSPS) is 11.2. The fourth-order valence-electron chi connectivity index (χ4n) is 2.02. The first kappa shape index (κ1) is 9.89. The minimum atomic E-state index is -0.301. The van der Waals surface area contributed by atoms with Crippen molar-refractivity contribution in [1.29, 1.82) is 0 Å². The number of aromatic nitrogens is 3. The van der Waals surface area contributed by atoms with Crippen LogP contribution in [0.1, 0.15) is 5.69 Å². The molecule has 0 aliphatic carbocycles. The first-order chi connectivity index (χ1) is 8.15. The van der Waals surface area contributed by atoms with E-state index in [4.69, 9.17) is 5.73 Å². The van der Waals surface area contributed by atoms with E-state index in [2.05, 4.69) is 15.2 Å². The Bertz CT molecular complexity index is 696. The molecule has 0 unspecified atom stereocenters. The molecule has 0 spiro atoms. The van der Waals surface area contributed by atoms with Crippen molar-refractivity contribution in [3.8, 4) is 11.1 Å². The Labute approximate surface area is 96.6 Å². The number of anilines is 1. The van der Waals surface area contributed by atoms with E-state index < -0.39 is 0 Å². The van der Waals surface area contributed by atoms with E-state index >= 15 is 0 Å². The maximum Gasteiger partial charge on any atom is 0.131 e. The van der Waals surface area contributed by atoms with Crippen molar-refractivity contribution in [2.45, 2.75) is 6.92 Å². The van der Waals surface area contributed by atoms with Crippen LogP contribution in [-0.4, -0.2) is 15.2 Å². The number of nitrogens with zero attached hydrogens (tertiary/aromatic N) is 1. The minimum Gasteiger partial charge on any atom is -0.384 e. The van der Waals surface area contributed by atoms with Crippen LogP contribution >= 0.6 is 0 Å². The predicted octanol–water partition coefficient (Wildman–Crippen LogP) is 2.59. The molecule has 4 N–H and O–H groups in total. The number of benzene rings is 1. The largest absolute Gasteiger partial charge is 0.384 e. The van der Waals surface area contributed by atoms with Crippen molar-refractivity contribution < 1.29 is 4.39 Å². The number of nitrogens with one attached hydrogen (secondary N) is 2. The van der Waals surface area contributed by atoms with Gasteiger partial charge in [-0.1, -0.05) is 0 Å². The molecule has 2 aromatic heterocycles. The van der Waals surface area contributed by atoms with E-state index in [1.165, 1.54) is 12.3 Å². The topological polar surface area (TPSA) is 70.5 Å². The van der Waals surface area contributed by atoms with Gasteiger partial charge in [0.15, 0.2) is 0 Å². The molecule has 0 saturated heterocycles. The van der Waals surface area contributed by atoms with Crippen LogP contribution < -0.4 is 5.73 Å². The van der Waals surface area contributed by atoms with Crippen molar-refractivity contribution in [3.05, 3.63) is 35.9 Å². The minimum absolute atomic E-state index is 0.301. The summed E-state index contributed by atoms with van der Waals surface area (Å²) in [5.41, 5.74) is 8.61. The van der Waals surface area contributed by atoms with Crippen LogP contribution in [0.2, 0.25) is 0 Å². The molecule has 86 valence electrons. The first-order valence-electron chi connectivity index (χ1n) is 5.23. The molecule has 4 nitrogen and oxygen atoms in total. The van der Waals surface area contributed by atoms with Gasteiger partial charge in [-0.25, -0.2) is 4.39 Å². The number of H-pyrrole nitrogens is 2. The Morgan fingerprint density at radius 3 is 2.76 bits per heavy atom. The fourth-order valence-corrected chi connectivity index (χ4v) is 2.02. The summed E-state index contributed by atoms with van der Waals surface area (Å²) < 4.78 is 14.0. The zero-order valence-electron chi connectivity index (χ0n) is 9.21. The van der Waals surface area contributed by atoms with E-state index in [9.17, 15) is 4.39 Å². The third-order valence-corrected chi connectivity index (χ3v) is 2.80. The van der Waals surface area contributed by atoms with Crippen molar-refractivity contribution in [2.24, 2.45) is 0 Å². The average molecular weight is 230 g/mol. The summed E-state index contributed by atoms with van der Waals surface area (Å²) in [6, 6.07) is 5.15. The quantitative estimate of drug-likeness (QED) is 0.601. The molecule has 3 rings (SSSR count). The van der Waals surface area contributed by atoms with Crippen LogP contribution in [0, 0.1) is 12.7 Å². The zero-order chi connectivity index (χ0) is 12.0. The Balaban J connectivity index is 2.29. The zero-order valence-corrected chi connectivity index (χ0v) is 9.21. The van der Waals surface area contributed by atoms with Gasteiger partial charge in [-0.05, 0) is 25.1 Å². The summed E-state index contributed by atoms with van der Waals surface area (Å²) in [6.45, 7) is 1.93. The fraction of sp³-hybridized carbons (Fsp3) is 0.0833. The molecule has 2 heterocycles. The first-order valence-corrected chi connectivity index (χ1v) is 5.23. The van der Waals surface area contributed by atoms with Crippen molar-refractivity contribution in [3.63, 3.8) is 0 Å². The van der Waals surface area contributed by atoms with E-state index in [1.807, 2.05) is 13.0 Å². The van der Waals surface area contributed by atoms with Gasteiger partial charge < -0.3 is 10.7 Å². The lowest BCUT2D eigenvalue weighted by Crippen LogP contribution is -1.90. The Kier molecular flexibility index (Phi) is 1.95. The third kappa shape index (κ3) is 1.47. The Hall–Kier alpha value is -2.30. The summed E-state index contributed by atoms with van der Waals surface area (Å²) >= 11 is 0. The standard InChI is InChI=1S/C12H11FN4/c1-6-2-7-3-10(13)8(4-11(7)16-6)9-5-15-17-12(9)14/h2-5,16H,1H3,(H3,14,15,17). The van der Waals surface area contributed by atoms with Gasteiger partial charge in [-0.15, -0.1) is 0 Å². The molecule has 17 heavy (non-hydrogen) atoms. The lowest BCUT2D eigenvalue weighted by atomic mass is 10.1. The number of aromatic amines is 2. The smallest absolute Gasteiger partial charge is 0.131 e. The second kappa shape index (κ2) is 3.35. The lowest BCUT2D eigenvalue weighted by molar-refractivity contribution is 0.633. The van der Waals surface area contributed by atoms with Crippen LogP contribution in [0.15, 0.2) is 24.4 Å². The second-order valence-electron chi connectivity index (χ2n) is 4.07. The maximum absolute atomic E-state index is 14.0. The molecule has 0 atom stereocenters. The van der Waals surface area contributed by atoms with Crippen LogP contribution in [0.5, 0.6) is 0 Å². The monoisotopic (exact) mass is 230 g/mol. The highest BCUT2D eigenvalue weighted by atomic mass is 19.1. The van der Waals surface area contributed by atoms with Crippen LogP contribution in [-0.2, 0) is 0 Å². The Morgan fingerprint density at radius 2 is 2.06 bits per heavy atom. The number of hydrogen-bond donors (Lipinski definition) is 3. The number of nitrogen functional groups attached to an aromatic ring is 1. The van der Waals surface area contributed by atoms with Crippen molar-refractivity contribution in [1.82, 2.24) is 15.2 Å². The van der Waals surface area contributed by atoms with Gasteiger partial charge in [-0.2, -0.15) is 5.10 Å². The highest BCUT2D eigenvalue weighted by Gasteiger charge is 2.12. The highest BCUT2D eigenvalue weighted by Crippen LogP contribution is 2.30. The number of aryl methyl sites for hydroxylation is 1. The number of halogens is 1. The number of fused-ring (bicyclic) bond motifs is 1. The SMILES string of the molecule is Cc1cc2cc(F)c(-c3cn[nH]c3N)cc2[nH]1. The molecule has 0 aliphatic rings. The summed E-state index contributed by atoms with van der Waals surface area (Å²) in [5.74, 6) is 0.0659. The highest BCUT2D eigenvalue weighted by molar-refractivity contribution is 5.87. The molecule has 0 amide bonds. The van der Waals surface area contributed by atoms with Gasteiger partial charge >= 0.3 is 0 Å². The molecule has 3 aromatic rings. The van der Waals surface area contributed by atoms with Gasteiger partial charge in [0.05, 0.1) is 6.20 Å². The molecule has 5 heteroatoms. The molecule has 0 radical (unpaired) electrons. The van der Waals surface area contributed by atoms with Gasteiger partial charge in [0.1, 0.15) is 11.6 Å². The third-order valence-electron chi connectivity index (χ3n) is 2.80. The molecule has 0 saturated carbocycles. The van der Waals surface area contributed by atoms with Crippen molar-refractivity contribution in [2.75, 3.05) is 5.73 Å². The van der Waals surface area contributed by atoms with Crippen LogP contribution in [0.4, 0.5) is 10.2 Å². The number of nitrogens with two attached hydrogens (primary N) is 1. The van der Waals surface area contributed by atoms with E-state index in [0.717, 1.165) is 16.6 Å². The molecular weight excluding hydrogens is 219 g/mol. The summed E-state index contributed by atoms with van der Waals surface area (Å²) in [5, 5.41) is 7.25. The molecule has 0 bridgehead atoms. The molecule has 0 fully saturated rings. The van der Waals surface area contributed by atoms with Crippen LogP contribution in [0.25, 0.3) is 22.0 Å². The average Bonchev–Trinajstić information content (AvgIpc) is 2.82. The second-order valence-corrected chi connectivity index (χ2v) is 4.07. The van der Waals surface area contributed by atoms with Gasteiger partial charge in [0.25, 0.3) is 0 Å². The Morgan fingerprint density at radius 1 is 1.24 bits per heavy atom. The van der Waals surface area contributed by atoms with E-state index in [0.29, 0.717) is 16.9 Å². The van der Waals surface area contributed by atoms with E-state index in [1.54, 1.807) is 6.07 Å². The van der Waals surface area contributed by atoms with Gasteiger partial charge in [0.2, 0.25) is 0 Å². The molecular formula is C12H11FN4. The predicted molar refractivity (Wildman–Crippen MR) is 65.0 cm³/mol. The molecule has 1 aromatic carbocycles. The van der Waals surface area contributed by atoms with Gasteiger partial charge in [0, 0.05) is 27.7 Å². The lowest BCUT2D eigenvalue weighted by Gasteiger charge is -2.02. The van der Waals surface area contributed by atoms with Gasteiger partial charge in [-0.3, -0.25) is 5.10 Å². The summed E-state index contributed by atoms with van der Waals surface area (Å²) in [7, 11) is 0. The van der Waals surface area contributed by atoms with Crippen LogP contribution in [0.3, 0.4) is 0 Å². The summed E-state index contributed by atoms with van der Waals surface area (Å²) in [6.07, 6.45) is 1.52. The number of rotatable bonds is 1. The molecule has 0 aliphatic heterocycles.